The van der Waals surface area contributed by atoms with Crippen LogP contribution in [0.2, 0.25) is 0 Å². The molecule has 0 amide bonds. The van der Waals surface area contributed by atoms with E-state index >= 15 is 0 Å². The van der Waals surface area contributed by atoms with Crippen molar-refractivity contribution in [3.8, 4) is 0 Å². The van der Waals surface area contributed by atoms with Crippen LogP contribution in [0.5, 0.6) is 0 Å². The fourth-order valence-corrected chi connectivity index (χ4v) is 2.78. The fourth-order valence-electron chi connectivity index (χ4n) is 2.02. The van der Waals surface area contributed by atoms with Gasteiger partial charge < -0.3 is 10.4 Å². The molecule has 2 atom stereocenters. The highest BCUT2D eigenvalue weighted by molar-refractivity contribution is 7.98. The van der Waals surface area contributed by atoms with Gasteiger partial charge >= 0.3 is 0 Å². The molecule has 0 spiro atoms. The van der Waals surface area contributed by atoms with Gasteiger partial charge in [0.15, 0.2) is 0 Å². The van der Waals surface area contributed by atoms with Crippen LogP contribution < -0.4 is 5.32 Å². The van der Waals surface area contributed by atoms with Gasteiger partial charge in [-0.25, -0.2) is 0 Å². The quantitative estimate of drug-likeness (QED) is 0.764. The van der Waals surface area contributed by atoms with Gasteiger partial charge in [-0.1, -0.05) is 45.0 Å². The minimum absolute atomic E-state index is 0.419. The highest BCUT2D eigenvalue weighted by Crippen LogP contribution is 2.18. The summed E-state index contributed by atoms with van der Waals surface area (Å²) in [5.41, 5.74) is 2.31. The Bertz CT molecular complexity index is 350. The molecule has 0 saturated heterocycles. The molecule has 2 N–H and O–H groups in total. The molecule has 0 aromatic heterocycles. The number of benzene rings is 1. The Morgan fingerprint density at radius 1 is 1.16 bits per heavy atom. The molecule has 1 aromatic carbocycles. The minimum Gasteiger partial charge on any atom is -0.387 e. The van der Waals surface area contributed by atoms with Crippen molar-refractivity contribution in [1.29, 1.82) is 0 Å². The molecule has 108 valence electrons. The van der Waals surface area contributed by atoms with Crippen molar-refractivity contribution in [1.82, 2.24) is 5.32 Å². The van der Waals surface area contributed by atoms with Crippen molar-refractivity contribution in [2.75, 3.05) is 18.6 Å². The lowest BCUT2D eigenvalue weighted by Crippen LogP contribution is -2.34. The summed E-state index contributed by atoms with van der Waals surface area (Å²) in [6.45, 7) is 7.17. The Hall–Kier alpha value is -0.510. The first kappa shape index (κ1) is 16.5. The number of aliphatic hydroxyl groups is 1. The van der Waals surface area contributed by atoms with Crippen LogP contribution in [0.3, 0.4) is 0 Å². The summed E-state index contributed by atoms with van der Waals surface area (Å²) in [5, 5.41) is 13.6. The van der Waals surface area contributed by atoms with Crippen molar-refractivity contribution in [3.63, 3.8) is 0 Å². The molecule has 0 fully saturated rings. The molecule has 2 unspecified atom stereocenters. The van der Waals surface area contributed by atoms with E-state index < -0.39 is 6.10 Å². The third-order valence-electron chi connectivity index (χ3n) is 3.45. The molecule has 0 aliphatic carbocycles. The van der Waals surface area contributed by atoms with Crippen LogP contribution in [0.1, 0.15) is 50.3 Å². The molecule has 1 rings (SSSR count). The Morgan fingerprint density at radius 2 is 1.74 bits per heavy atom. The van der Waals surface area contributed by atoms with Gasteiger partial charge in [-0.3, -0.25) is 0 Å². The van der Waals surface area contributed by atoms with E-state index in [1.807, 2.05) is 23.9 Å². The fraction of sp³-hybridized carbons (Fsp3) is 0.625. The van der Waals surface area contributed by atoms with E-state index in [9.17, 15) is 5.11 Å². The molecule has 3 heteroatoms. The molecule has 0 saturated carbocycles. The third kappa shape index (κ3) is 5.55. The SMILES string of the molecule is CCC(CSC)NCC(O)c1ccc(C(C)C)cc1. The van der Waals surface area contributed by atoms with Crippen molar-refractivity contribution in [3.05, 3.63) is 35.4 Å². The van der Waals surface area contributed by atoms with Gasteiger partial charge in [-0.15, -0.1) is 0 Å². The highest BCUT2D eigenvalue weighted by Gasteiger charge is 2.11. The Balaban J connectivity index is 2.50. The molecule has 0 heterocycles. The van der Waals surface area contributed by atoms with Crippen LogP contribution in [0.15, 0.2) is 24.3 Å². The first-order valence-electron chi connectivity index (χ1n) is 7.08. The maximum atomic E-state index is 10.2. The summed E-state index contributed by atoms with van der Waals surface area (Å²) in [5.74, 6) is 1.63. The van der Waals surface area contributed by atoms with Crippen LogP contribution in [0.25, 0.3) is 0 Å². The van der Waals surface area contributed by atoms with Gasteiger partial charge in [-0.2, -0.15) is 11.8 Å². The molecule has 0 bridgehead atoms. The largest absolute Gasteiger partial charge is 0.387 e. The van der Waals surface area contributed by atoms with Crippen molar-refractivity contribution >= 4 is 11.8 Å². The number of aliphatic hydroxyl groups excluding tert-OH is 1. The zero-order valence-electron chi connectivity index (χ0n) is 12.5. The monoisotopic (exact) mass is 281 g/mol. The average Bonchev–Trinajstić information content (AvgIpc) is 2.43. The second-order valence-corrected chi connectivity index (χ2v) is 6.22. The summed E-state index contributed by atoms with van der Waals surface area (Å²) >= 11 is 1.84. The van der Waals surface area contributed by atoms with E-state index in [0.29, 0.717) is 18.5 Å². The van der Waals surface area contributed by atoms with E-state index in [0.717, 1.165) is 17.7 Å². The molecular formula is C16H27NOS. The number of rotatable bonds is 8. The van der Waals surface area contributed by atoms with E-state index in [1.54, 1.807) is 0 Å². The van der Waals surface area contributed by atoms with Crippen LogP contribution in [-0.2, 0) is 0 Å². The summed E-state index contributed by atoms with van der Waals surface area (Å²) < 4.78 is 0. The van der Waals surface area contributed by atoms with Crippen molar-refractivity contribution in [2.24, 2.45) is 0 Å². The predicted octanol–water partition coefficient (Wildman–Crippen LogP) is 3.57. The first-order valence-corrected chi connectivity index (χ1v) is 8.48. The predicted molar refractivity (Wildman–Crippen MR) is 86.0 cm³/mol. The van der Waals surface area contributed by atoms with E-state index in [4.69, 9.17) is 0 Å². The third-order valence-corrected chi connectivity index (χ3v) is 4.18. The van der Waals surface area contributed by atoms with Crippen LogP contribution in [-0.4, -0.2) is 29.7 Å². The molecule has 0 aliphatic heterocycles. The van der Waals surface area contributed by atoms with Gasteiger partial charge in [0.1, 0.15) is 0 Å². The van der Waals surface area contributed by atoms with Crippen LogP contribution >= 0.6 is 11.8 Å². The second kappa shape index (κ2) is 8.62. The van der Waals surface area contributed by atoms with Crippen LogP contribution in [0.4, 0.5) is 0 Å². The highest BCUT2D eigenvalue weighted by atomic mass is 32.2. The summed E-state index contributed by atoms with van der Waals surface area (Å²) in [4.78, 5) is 0. The molecule has 0 radical (unpaired) electrons. The Morgan fingerprint density at radius 3 is 2.21 bits per heavy atom. The molecule has 0 aliphatic rings. The standard InChI is InChI=1S/C16H27NOS/c1-5-15(11-19-4)17-10-16(18)14-8-6-13(7-9-14)12(2)3/h6-9,12,15-18H,5,10-11H2,1-4H3. The Kier molecular flexibility index (Phi) is 7.51. The lowest BCUT2D eigenvalue weighted by Gasteiger charge is -2.19. The molecule has 2 nitrogen and oxygen atoms in total. The zero-order valence-corrected chi connectivity index (χ0v) is 13.3. The number of thioether (sulfide) groups is 1. The average molecular weight is 281 g/mol. The smallest absolute Gasteiger partial charge is 0.0914 e. The molecule has 19 heavy (non-hydrogen) atoms. The normalized spacial score (nSPS) is 14.6. The van der Waals surface area contributed by atoms with Gasteiger partial charge in [-0.05, 0) is 29.7 Å². The van der Waals surface area contributed by atoms with Gasteiger partial charge in [0.25, 0.3) is 0 Å². The van der Waals surface area contributed by atoms with Gasteiger partial charge in [0.2, 0.25) is 0 Å². The van der Waals surface area contributed by atoms with E-state index in [2.05, 4.69) is 44.5 Å². The lowest BCUT2D eigenvalue weighted by molar-refractivity contribution is 0.170. The summed E-state index contributed by atoms with van der Waals surface area (Å²) in [6.07, 6.45) is 2.79. The van der Waals surface area contributed by atoms with E-state index in [1.165, 1.54) is 5.56 Å². The van der Waals surface area contributed by atoms with Crippen molar-refractivity contribution in [2.45, 2.75) is 45.3 Å². The lowest BCUT2D eigenvalue weighted by atomic mass is 10.00. The molecule has 1 aromatic rings. The van der Waals surface area contributed by atoms with Crippen LogP contribution in [0, 0.1) is 0 Å². The maximum Gasteiger partial charge on any atom is 0.0914 e. The van der Waals surface area contributed by atoms with Crippen molar-refractivity contribution < 1.29 is 5.11 Å². The van der Waals surface area contributed by atoms with Gasteiger partial charge in [0, 0.05) is 18.3 Å². The summed E-state index contributed by atoms with van der Waals surface area (Å²) in [7, 11) is 0. The van der Waals surface area contributed by atoms with Gasteiger partial charge in [0.05, 0.1) is 6.10 Å². The summed E-state index contributed by atoms with van der Waals surface area (Å²) in [6, 6.07) is 8.79. The topological polar surface area (TPSA) is 32.3 Å². The minimum atomic E-state index is -0.419. The molecular weight excluding hydrogens is 254 g/mol. The van der Waals surface area contributed by atoms with E-state index in [-0.39, 0.29) is 0 Å². The number of hydrogen-bond acceptors (Lipinski definition) is 3. The number of hydrogen-bond donors (Lipinski definition) is 2. The first-order chi connectivity index (χ1) is 9.08. The zero-order chi connectivity index (χ0) is 14.3. The Labute approximate surface area is 122 Å². The maximum absolute atomic E-state index is 10.2. The number of nitrogens with one attached hydrogen (secondary N) is 1. The second-order valence-electron chi connectivity index (χ2n) is 5.31.